The Labute approximate surface area is 106 Å². The first kappa shape index (κ1) is 11.3. The summed E-state index contributed by atoms with van der Waals surface area (Å²) in [5.74, 6) is 0. The first-order valence-corrected chi connectivity index (χ1v) is 6.17. The summed E-state index contributed by atoms with van der Waals surface area (Å²) in [6.45, 7) is 0. The Balaban J connectivity index is 1.94. The summed E-state index contributed by atoms with van der Waals surface area (Å²) in [6.07, 6.45) is 4.08. The van der Waals surface area contributed by atoms with Gasteiger partial charge in [-0.25, -0.2) is 0 Å². The lowest BCUT2D eigenvalue weighted by Gasteiger charge is -2.23. The van der Waals surface area contributed by atoms with Crippen molar-refractivity contribution in [1.82, 2.24) is 9.78 Å². The number of aliphatic hydroxyl groups is 1. The molecule has 18 heavy (non-hydrogen) atoms. The van der Waals surface area contributed by atoms with Gasteiger partial charge in [0.1, 0.15) is 0 Å². The van der Waals surface area contributed by atoms with Crippen molar-refractivity contribution in [2.24, 2.45) is 7.05 Å². The van der Waals surface area contributed by atoms with Crippen molar-refractivity contribution >= 4 is 5.69 Å². The third kappa shape index (κ3) is 1.78. The van der Waals surface area contributed by atoms with Crippen molar-refractivity contribution in [3.63, 3.8) is 0 Å². The van der Waals surface area contributed by atoms with Crippen LogP contribution in [0.1, 0.15) is 23.2 Å². The van der Waals surface area contributed by atoms with Gasteiger partial charge in [-0.15, -0.1) is 0 Å². The molecule has 0 amide bonds. The van der Waals surface area contributed by atoms with Gasteiger partial charge in [0.15, 0.2) is 0 Å². The zero-order valence-corrected chi connectivity index (χ0v) is 10.4. The van der Waals surface area contributed by atoms with Gasteiger partial charge in [0.05, 0.1) is 11.3 Å². The normalized spacial score (nSPS) is 22.1. The molecule has 0 saturated heterocycles. The highest BCUT2D eigenvalue weighted by atomic mass is 16.3. The van der Waals surface area contributed by atoms with Crippen molar-refractivity contribution in [2.75, 3.05) is 5.73 Å². The van der Waals surface area contributed by atoms with Crippen LogP contribution in [0.2, 0.25) is 0 Å². The monoisotopic (exact) mass is 243 g/mol. The van der Waals surface area contributed by atoms with Gasteiger partial charge in [-0.1, -0.05) is 6.07 Å². The van der Waals surface area contributed by atoms with Gasteiger partial charge in [0.25, 0.3) is 0 Å². The zero-order valence-electron chi connectivity index (χ0n) is 10.4. The lowest BCUT2D eigenvalue weighted by Crippen LogP contribution is -2.25. The second-order valence-corrected chi connectivity index (χ2v) is 5.11. The van der Waals surface area contributed by atoms with Crippen molar-refractivity contribution in [3.05, 3.63) is 47.3 Å². The minimum atomic E-state index is -0.794. The van der Waals surface area contributed by atoms with E-state index < -0.39 is 5.60 Å². The van der Waals surface area contributed by atoms with E-state index in [0.717, 1.165) is 35.3 Å². The summed E-state index contributed by atoms with van der Waals surface area (Å²) in [6, 6.07) is 7.72. The highest BCUT2D eigenvalue weighted by Crippen LogP contribution is 2.39. The van der Waals surface area contributed by atoms with Crippen LogP contribution in [0.3, 0.4) is 0 Å². The highest BCUT2D eigenvalue weighted by molar-refractivity contribution is 5.49. The summed E-state index contributed by atoms with van der Waals surface area (Å²) in [7, 11) is 1.89. The number of anilines is 1. The Morgan fingerprint density at radius 2 is 2.28 bits per heavy atom. The number of hydrogen-bond acceptors (Lipinski definition) is 3. The molecule has 0 spiro atoms. The third-order valence-corrected chi connectivity index (χ3v) is 3.68. The Morgan fingerprint density at radius 1 is 1.44 bits per heavy atom. The number of rotatable bonds is 2. The van der Waals surface area contributed by atoms with E-state index in [4.69, 9.17) is 5.73 Å². The van der Waals surface area contributed by atoms with E-state index in [1.807, 2.05) is 37.5 Å². The second kappa shape index (κ2) is 3.85. The minimum Gasteiger partial charge on any atom is -0.399 e. The van der Waals surface area contributed by atoms with Crippen LogP contribution in [0.15, 0.2) is 30.5 Å². The molecule has 1 unspecified atom stereocenters. The molecule has 0 radical (unpaired) electrons. The second-order valence-electron chi connectivity index (χ2n) is 5.11. The molecule has 3 rings (SSSR count). The number of fused-ring (bicyclic) bond motifs is 1. The van der Waals surface area contributed by atoms with E-state index in [1.54, 1.807) is 4.68 Å². The maximum atomic E-state index is 10.8. The molecule has 4 nitrogen and oxygen atoms in total. The minimum absolute atomic E-state index is 0.560. The van der Waals surface area contributed by atoms with Crippen LogP contribution in [0.25, 0.3) is 0 Å². The molecule has 0 saturated carbocycles. The van der Waals surface area contributed by atoms with Crippen LogP contribution in [0, 0.1) is 0 Å². The summed E-state index contributed by atoms with van der Waals surface area (Å²) >= 11 is 0. The fourth-order valence-corrected chi connectivity index (χ4v) is 2.79. The van der Waals surface area contributed by atoms with Gasteiger partial charge in [0.2, 0.25) is 0 Å². The number of aryl methyl sites for hydroxylation is 2. The molecule has 1 aromatic heterocycles. The Kier molecular flexibility index (Phi) is 2.41. The zero-order chi connectivity index (χ0) is 12.8. The average Bonchev–Trinajstić information content (AvgIpc) is 2.84. The number of nitrogens with two attached hydrogens (primary N) is 1. The first-order chi connectivity index (χ1) is 8.57. The molecule has 0 bridgehead atoms. The summed E-state index contributed by atoms with van der Waals surface area (Å²) in [5, 5.41) is 15.1. The van der Waals surface area contributed by atoms with Gasteiger partial charge in [-0.3, -0.25) is 4.68 Å². The Hall–Kier alpha value is -1.81. The van der Waals surface area contributed by atoms with E-state index in [1.165, 1.54) is 0 Å². The largest absolute Gasteiger partial charge is 0.399 e. The maximum absolute atomic E-state index is 10.8. The topological polar surface area (TPSA) is 64.1 Å². The summed E-state index contributed by atoms with van der Waals surface area (Å²) < 4.78 is 1.76. The van der Waals surface area contributed by atoms with Crippen molar-refractivity contribution in [3.8, 4) is 0 Å². The third-order valence-electron chi connectivity index (χ3n) is 3.68. The van der Waals surface area contributed by atoms with Gasteiger partial charge in [-0.2, -0.15) is 5.10 Å². The van der Waals surface area contributed by atoms with Crippen molar-refractivity contribution < 1.29 is 5.11 Å². The van der Waals surface area contributed by atoms with Crippen molar-refractivity contribution in [2.45, 2.75) is 24.9 Å². The smallest absolute Gasteiger partial charge is 0.0958 e. The van der Waals surface area contributed by atoms with E-state index in [0.29, 0.717) is 6.42 Å². The first-order valence-electron chi connectivity index (χ1n) is 6.17. The Bertz CT molecular complexity index is 590. The van der Waals surface area contributed by atoms with Crippen LogP contribution in [-0.4, -0.2) is 14.9 Å². The number of aromatic nitrogens is 2. The highest BCUT2D eigenvalue weighted by Gasteiger charge is 2.37. The summed E-state index contributed by atoms with van der Waals surface area (Å²) in [4.78, 5) is 0. The Morgan fingerprint density at radius 3 is 3.00 bits per heavy atom. The summed E-state index contributed by atoms with van der Waals surface area (Å²) in [5.41, 5.74) is 8.83. The number of nitrogen functional groups attached to an aromatic ring is 1. The van der Waals surface area contributed by atoms with Crippen LogP contribution < -0.4 is 5.73 Å². The molecular weight excluding hydrogens is 226 g/mol. The van der Waals surface area contributed by atoms with Crippen molar-refractivity contribution in [1.29, 1.82) is 0 Å². The molecule has 1 aliphatic carbocycles. The predicted molar refractivity (Wildman–Crippen MR) is 70.0 cm³/mol. The molecule has 4 heteroatoms. The van der Waals surface area contributed by atoms with E-state index in [2.05, 4.69) is 5.10 Å². The number of nitrogens with zero attached hydrogens (tertiary/aromatic N) is 2. The molecule has 1 aromatic carbocycles. The fourth-order valence-electron chi connectivity index (χ4n) is 2.79. The van der Waals surface area contributed by atoms with Crippen LogP contribution in [0.5, 0.6) is 0 Å². The number of benzene rings is 1. The SMILES string of the molecule is Cn1ccc(CC2(O)CCc3cc(N)ccc32)n1. The van der Waals surface area contributed by atoms with E-state index >= 15 is 0 Å². The van der Waals surface area contributed by atoms with Gasteiger partial charge < -0.3 is 10.8 Å². The molecule has 0 aliphatic heterocycles. The van der Waals surface area contributed by atoms with Crippen LogP contribution >= 0.6 is 0 Å². The standard InChI is InChI=1S/C14H17N3O/c1-17-7-5-12(16-17)9-14(18)6-4-10-8-11(15)2-3-13(10)14/h2-3,5,7-8,18H,4,6,9,15H2,1H3. The number of hydrogen-bond donors (Lipinski definition) is 2. The van der Waals surface area contributed by atoms with Crippen LogP contribution in [0.4, 0.5) is 5.69 Å². The molecule has 2 aromatic rings. The molecule has 94 valence electrons. The lowest BCUT2D eigenvalue weighted by molar-refractivity contribution is 0.0379. The molecule has 1 aliphatic rings. The fraction of sp³-hybridized carbons (Fsp3) is 0.357. The predicted octanol–water partition coefficient (Wildman–Crippen LogP) is 1.38. The molecule has 3 N–H and O–H groups in total. The van der Waals surface area contributed by atoms with Gasteiger partial charge in [0, 0.05) is 25.4 Å². The molecule has 1 atom stereocenters. The molecular formula is C14H17N3O. The van der Waals surface area contributed by atoms with E-state index in [-0.39, 0.29) is 0 Å². The average molecular weight is 243 g/mol. The van der Waals surface area contributed by atoms with Gasteiger partial charge >= 0.3 is 0 Å². The van der Waals surface area contributed by atoms with Gasteiger partial charge in [-0.05, 0) is 42.2 Å². The van der Waals surface area contributed by atoms with Crippen LogP contribution in [-0.2, 0) is 25.5 Å². The maximum Gasteiger partial charge on any atom is 0.0958 e. The lowest BCUT2D eigenvalue weighted by atomic mass is 9.91. The molecule has 1 heterocycles. The van der Waals surface area contributed by atoms with E-state index in [9.17, 15) is 5.11 Å². The molecule has 0 fully saturated rings. The quantitative estimate of drug-likeness (QED) is 0.783.